The second kappa shape index (κ2) is 7.05. The summed E-state index contributed by atoms with van der Waals surface area (Å²) < 4.78 is 1.54. The summed E-state index contributed by atoms with van der Waals surface area (Å²) >= 11 is 6.80. The molecule has 110 valence electrons. The molecule has 20 heavy (non-hydrogen) atoms. The SMILES string of the molecule is CN(Cc1cc(Br)cc(Br)c1C(=O)O)C1CCCCC1. The number of rotatable bonds is 4. The zero-order chi connectivity index (χ0) is 14.7. The van der Waals surface area contributed by atoms with Crippen LogP contribution in [-0.2, 0) is 6.54 Å². The topological polar surface area (TPSA) is 40.5 Å². The first-order valence-electron chi connectivity index (χ1n) is 6.90. The first-order chi connectivity index (χ1) is 9.49. The number of nitrogens with zero attached hydrogens (tertiary/aromatic N) is 1. The average Bonchev–Trinajstić information content (AvgIpc) is 2.38. The first kappa shape index (κ1) is 16.0. The first-order valence-corrected chi connectivity index (χ1v) is 8.49. The number of carboxylic acids is 1. The van der Waals surface area contributed by atoms with Gasteiger partial charge in [0.1, 0.15) is 0 Å². The van der Waals surface area contributed by atoms with Gasteiger partial charge in [0.05, 0.1) is 5.56 Å². The summed E-state index contributed by atoms with van der Waals surface area (Å²) in [7, 11) is 2.09. The van der Waals surface area contributed by atoms with E-state index in [1.54, 1.807) is 6.07 Å². The molecule has 0 radical (unpaired) electrons. The van der Waals surface area contributed by atoms with E-state index >= 15 is 0 Å². The molecule has 0 aromatic heterocycles. The van der Waals surface area contributed by atoms with Gasteiger partial charge in [0.2, 0.25) is 0 Å². The zero-order valence-electron chi connectivity index (χ0n) is 11.5. The fraction of sp³-hybridized carbons (Fsp3) is 0.533. The maximum absolute atomic E-state index is 11.4. The summed E-state index contributed by atoms with van der Waals surface area (Å²) in [6.45, 7) is 0.671. The van der Waals surface area contributed by atoms with Crippen molar-refractivity contribution in [2.45, 2.75) is 44.7 Å². The van der Waals surface area contributed by atoms with Crippen LogP contribution in [0.5, 0.6) is 0 Å². The molecule has 0 spiro atoms. The molecule has 2 rings (SSSR count). The predicted molar refractivity (Wildman–Crippen MR) is 87.1 cm³/mol. The molecule has 1 saturated carbocycles. The molecule has 0 atom stereocenters. The lowest BCUT2D eigenvalue weighted by atomic mass is 9.94. The smallest absolute Gasteiger partial charge is 0.337 e. The summed E-state index contributed by atoms with van der Waals surface area (Å²) in [4.78, 5) is 13.7. The van der Waals surface area contributed by atoms with Crippen molar-refractivity contribution in [1.29, 1.82) is 0 Å². The Hall–Kier alpha value is -0.390. The van der Waals surface area contributed by atoms with Crippen molar-refractivity contribution in [1.82, 2.24) is 4.90 Å². The third-order valence-electron chi connectivity index (χ3n) is 3.97. The Morgan fingerprint density at radius 1 is 1.30 bits per heavy atom. The van der Waals surface area contributed by atoms with Gasteiger partial charge >= 0.3 is 5.97 Å². The standard InChI is InChI=1S/C15H19Br2NO2/c1-18(12-5-3-2-4-6-12)9-10-7-11(16)8-13(17)14(10)15(19)20/h7-8,12H,2-6,9H2,1H3,(H,19,20). The van der Waals surface area contributed by atoms with E-state index in [1.807, 2.05) is 6.07 Å². The maximum atomic E-state index is 11.4. The molecule has 0 bridgehead atoms. The van der Waals surface area contributed by atoms with Crippen molar-refractivity contribution in [3.63, 3.8) is 0 Å². The lowest BCUT2D eigenvalue weighted by Gasteiger charge is -2.31. The summed E-state index contributed by atoms with van der Waals surface area (Å²) in [5.41, 5.74) is 1.22. The molecule has 0 saturated heterocycles. The van der Waals surface area contributed by atoms with Gasteiger partial charge in [0.15, 0.2) is 0 Å². The molecule has 1 N–H and O–H groups in total. The van der Waals surface area contributed by atoms with Crippen LogP contribution in [0.3, 0.4) is 0 Å². The molecule has 1 aliphatic rings. The molecule has 5 heteroatoms. The van der Waals surface area contributed by atoms with Gasteiger partial charge in [-0.3, -0.25) is 4.90 Å². The van der Waals surface area contributed by atoms with E-state index in [0.717, 1.165) is 10.0 Å². The fourth-order valence-corrected chi connectivity index (χ4v) is 4.39. The van der Waals surface area contributed by atoms with E-state index in [0.29, 0.717) is 22.6 Å². The van der Waals surface area contributed by atoms with Crippen LogP contribution >= 0.6 is 31.9 Å². The van der Waals surface area contributed by atoms with Gasteiger partial charge in [0.25, 0.3) is 0 Å². The number of hydrogen-bond acceptors (Lipinski definition) is 2. The van der Waals surface area contributed by atoms with Gasteiger partial charge < -0.3 is 5.11 Å². The largest absolute Gasteiger partial charge is 0.478 e. The minimum atomic E-state index is -0.878. The highest BCUT2D eigenvalue weighted by Gasteiger charge is 2.21. The Morgan fingerprint density at radius 2 is 1.95 bits per heavy atom. The van der Waals surface area contributed by atoms with Crippen molar-refractivity contribution >= 4 is 37.8 Å². The van der Waals surface area contributed by atoms with E-state index in [4.69, 9.17) is 0 Å². The van der Waals surface area contributed by atoms with E-state index in [1.165, 1.54) is 32.1 Å². The minimum Gasteiger partial charge on any atom is -0.478 e. The van der Waals surface area contributed by atoms with Crippen molar-refractivity contribution in [3.8, 4) is 0 Å². The molecule has 0 heterocycles. The highest BCUT2D eigenvalue weighted by molar-refractivity contribution is 9.11. The molecule has 0 aliphatic heterocycles. The minimum absolute atomic E-state index is 0.371. The number of hydrogen-bond donors (Lipinski definition) is 1. The Labute approximate surface area is 136 Å². The van der Waals surface area contributed by atoms with Crippen molar-refractivity contribution < 1.29 is 9.90 Å². The zero-order valence-corrected chi connectivity index (χ0v) is 14.7. The maximum Gasteiger partial charge on any atom is 0.337 e. The number of halogens is 2. The van der Waals surface area contributed by atoms with Gasteiger partial charge in [-0.2, -0.15) is 0 Å². The number of aromatic carboxylic acids is 1. The Balaban J connectivity index is 2.21. The van der Waals surface area contributed by atoms with E-state index in [2.05, 4.69) is 43.8 Å². The molecule has 1 aliphatic carbocycles. The Morgan fingerprint density at radius 3 is 2.55 bits per heavy atom. The summed E-state index contributed by atoms with van der Waals surface area (Å²) in [5, 5.41) is 9.40. The second-order valence-corrected chi connectivity index (χ2v) is 7.20. The van der Waals surface area contributed by atoms with Crippen molar-refractivity contribution in [3.05, 3.63) is 32.2 Å². The molecule has 3 nitrogen and oxygen atoms in total. The van der Waals surface area contributed by atoms with E-state index in [9.17, 15) is 9.90 Å². The lowest BCUT2D eigenvalue weighted by Crippen LogP contribution is -2.33. The third-order valence-corrected chi connectivity index (χ3v) is 5.05. The highest BCUT2D eigenvalue weighted by Crippen LogP contribution is 2.29. The molecule has 0 unspecified atom stereocenters. The van der Waals surface area contributed by atoms with Gasteiger partial charge in [-0.05, 0) is 53.5 Å². The second-order valence-electron chi connectivity index (χ2n) is 5.43. The third kappa shape index (κ3) is 3.83. The fourth-order valence-electron chi connectivity index (χ4n) is 2.91. The molecule has 1 fully saturated rings. The Bertz CT molecular complexity index is 499. The average molecular weight is 405 g/mol. The molecule has 1 aromatic carbocycles. The van der Waals surface area contributed by atoms with Crippen LogP contribution in [0.4, 0.5) is 0 Å². The quantitative estimate of drug-likeness (QED) is 0.792. The van der Waals surface area contributed by atoms with E-state index in [-0.39, 0.29) is 0 Å². The molecule has 1 aromatic rings. The van der Waals surface area contributed by atoms with Gasteiger partial charge in [-0.15, -0.1) is 0 Å². The lowest BCUT2D eigenvalue weighted by molar-refractivity contribution is 0.0692. The summed E-state index contributed by atoms with van der Waals surface area (Å²) in [5.74, 6) is -0.878. The Kier molecular flexibility index (Phi) is 5.64. The number of carbonyl (C=O) groups is 1. The summed E-state index contributed by atoms with van der Waals surface area (Å²) in [6, 6.07) is 4.27. The van der Waals surface area contributed by atoms with Crippen molar-refractivity contribution in [2.75, 3.05) is 7.05 Å². The van der Waals surface area contributed by atoms with Crippen LogP contribution in [0.2, 0.25) is 0 Å². The highest BCUT2D eigenvalue weighted by atomic mass is 79.9. The number of carboxylic acid groups (broad SMARTS) is 1. The van der Waals surface area contributed by atoms with Gasteiger partial charge in [-0.25, -0.2) is 4.79 Å². The number of benzene rings is 1. The molecular formula is C15H19Br2NO2. The van der Waals surface area contributed by atoms with Gasteiger partial charge in [0, 0.05) is 21.5 Å². The van der Waals surface area contributed by atoms with Gasteiger partial charge in [-0.1, -0.05) is 35.2 Å². The monoisotopic (exact) mass is 403 g/mol. The van der Waals surface area contributed by atoms with Crippen LogP contribution in [-0.4, -0.2) is 29.1 Å². The van der Waals surface area contributed by atoms with Crippen LogP contribution in [0, 0.1) is 0 Å². The van der Waals surface area contributed by atoms with E-state index < -0.39 is 5.97 Å². The predicted octanol–water partition coefficient (Wildman–Crippen LogP) is 4.67. The molecular weight excluding hydrogens is 386 g/mol. The van der Waals surface area contributed by atoms with Crippen LogP contribution in [0.25, 0.3) is 0 Å². The van der Waals surface area contributed by atoms with Crippen molar-refractivity contribution in [2.24, 2.45) is 0 Å². The van der Waals surface area contributed by atoms with Crippen LogP contribution in [0.15, 0.2) is 21.1 Å². The molecule has 0 amide bonds. The van der Waals surface area contributed by atoms with Crippen LogP contribution in [0.1, 0.15) is 48.0 Å². The summed E-state index contributed by atoms with van der Waals surface area (Å²) in [6.07, 6.45) is 6.32. The van der Waals surface area contributed by atoms with Crippen LogP contribution < -0.4 is 0 Å². The normalized spacial score (nSPS) is 16.6.